The molecule has 8 nitrogen and oxygen atoms in total. The maximum Gasteiger partial charge on any atom is 0.349 e. The van der Waals surface area contributed by atoms with Crippen LogP contribution < -0.4 is 11.4 Å². The molecule has 10 heteroatoms. The predicted octanol–water partition coefficient (Wildman–Crippen LogP) is 2.46. The van der Waals surface area contributed by atoms with E-state index in [-0.39, 0.29) is 24.4 Å². The van der Waals surface area contributed by atoms with Gasteiger partial charge in [0.15, 0.2) is 0 Å². The van der Waals surface area contributed by atoms with Crippen LogP contribution in [-0.2, 0) is 6.42 Å². The van der Waals surface area contributed by atoms with Crippen LogP contribution >= 0.6 is 0 Å². The summed E-state index contributed by atoms with van der Waals surface area (Å²) in [4.78, 5) is 16.7. The number of hydrogen-bond donors (Lipinski definition) is 3. The Morgan fingerprint density at radius 3 is 2.72 bits per heavy atom. The molecule has 0 aliphatic carbocycles. The third-order valence-corrected chi connectivity index (χ3v) is 4.66. The Hall–Kier alpha value is -3.66. The van der Waals surface area contributed by atoms with E-state index in [0.29, 0.717) is 11.4 Å². The van der Waals surface area contributed by atoms with Crippen LogP contribution in [0.5, 0.6) is 0 Å². The molecular formula is C19H17F2N7O. The molecule has 0 spiro atoms. The highest BCUT2D eigenvalue weighted by atomic mass is 19.3. The summed E-state index contributed by atoms with van der Waals surface area (Å²) in [5.74, 6) is 0.436. The summed E-state index contributed by atoms with van der Waals surface area (Å²) in [6.07, 6.45) is 1.24. The molecule has 1 aromatic carbocycles. The van der Waals surface area contributed by atoms with Crippen LogP contribution in [0.4, 0.5) is 8.78 Å². The minimum atomic E-state index is -1.87. The number of rotatable bonds is 5. The molecule has 0 aliphatic rings. The van der Waals surface area contributed by atoms with Crippen molar-refractivity contribution in [2.24, 2.45) is 5.73 Å². The number of benzene rings is 1. The molecule has 0 aliphatic heterocycles. The summed E-state index contributed by atoms with van der Waals surface area (Å²) in [6, 6.07) is 7.73. The van der Waals surface area contributed by atoms with Crippen molar-refractivity contribution in [2.45, 2.75) is 13.3 Å². The Labute approximate surface area is 163 Å². The first-order valence-corrected chi connectivity index (χ1v) is 8.78. The van der Waals surface area contributed by atoms with Gasteiger partial charge >= 0.3 is 5.69 Å². The summed E-state index contributed by atoms with van der Waals surface area (Å²) in [5, 5.41) is 14.1. The lowest BCUT2D eigenvalue weighted by Gasteiger charge is -2.10. The number of halogens is 2. The Morgan fingerprint density at radius 2 is 2.00 bits per heavy atom. The van der Waals surface area contributed by atoms with Crippen molar-refractivity contribution in [3.8, 4) is 16.9 Å². The molecule has 4 N–H and O–H groups in total. The molecule has 148 valence electrons. The highest BCUT2D eigenvalue weighted by Gasteiger charge is 2.17. The molecule has 0 saturated carbocycles. The zero-order valence-corrected chi connectivity index (χ0v) is 15.4. The molecule has 29 heavy (non-hydrogen) atoms. The highest BCUT2D eigenvalue weighted by molar-refractivity contribution is 5.83. The van der Waals surface area contributed by atoms with Gasteiger partial charge in [0.2, 0.25) is 0 Å². The average Bonchev–Trinajstić information content (AvgIpc) is 3.31. The van der Waals surface area contributed by atoms with Gasteiger partial charge in [-0.15, -0.1) is 0 Å². The summed E-state index contributed by atoms with van der Waals surface area (Å²) in [5.41, 5.74) is 7.89. The smallest absolute Gasteiger partial charge is 0.327 e. The van der Waals surface area contributed by atoms with Crippen LogP contribution in [0.1, 0.15) is 11.4 Å². The Kier molecular flexibility index (Phi) is 4.77. The standard InChI is InChI=1S/C19H17F2N7O/c1-10-4-14(11-2-3-12-9-24-25-15(12)5-11)8-23-18(10)28-16(26-27-19(28)29)6-13(7-22)17(20)21/h2-5,8-9H,6-7,22H2,1H3,(H,24,25)(H,27,29). The molecule has 4 aromatic rings. The summed E-state index contributed by atoms with van der Waals surface area (Å²) in [6.45, 7) is 1.46. The van der Waals surface area contributed by atoms with Crippen LogP contribution in [0.2, 0.25) is 0 Å². The van der Waals surface area contributed by atoms with Gasteiger partial charge in [-0.25, -0.2) is 19.4 Å². The Morgan fingerprint density at radius 1 is 1.17 bits per heavy atom. The van der Waals surface area contributed by atoms with Gasteiger partial charge in [-0.3, -0.25) is 5.10 Å². The van der Waals surface area contributed by atoms with Gasteiger partial charge < -0.3 is 5.73 Å². The lowest BCUT2D eigenvalue weighted by Crippen LogP contribution is -2.20. The predicted molar refractivity (Wildman–Crippen MR) is 104 cm³/mol. The lowest BCUT2D eigenvalue weighted by atomic mass is 10.0. The van der Waals surface area contributed by atoms with Gasteiger partial charge in [-0.05, 0) is 30.2 Å². The molecule has 0 atom stereocenters. The van der Waals surface area contributed by atoms with E-state index in [2.05, 4.69) is 25.4 Å². The van der Waals surface area contributed by atoms with E-state index in [9.17, 15) is 13.6 Å². The van der Waals surface area contributed by atoms with E-state index in [1.165, 1.54) is 4.57 Å². The zero-order chi connectivity index (χ0) is 20.5. The van der Waals surface area contributed by atoms with Crippen molar-refractivity contribution < 1.29 is 8.78 Å². The van der Waals surface area contributed by atoms with Crippen molar-refractivity contribution in [1.29, 1.82) is 0 Å². The third kappa shape index (κ3) is 3.45. The van der Waals surface area contributed by atoms with E-state index in [1.54, 1.807) is 19.3 Å². The summed E-state index contributed by atoms with van der Waals surface area (Å²) >= 11 is 0. The molecule has 0 bridgehead atoms. The largest absolute Gasteiger partial charge is 0.349 e. The fourth-order valence-corrected chi connectivity index (χ4v) is 3.15. The van der Waals surface area contributed by atoms with Gasteiger partial charge in [0, 0.05) is 35.7 Å². The topological polar surface area (TPSA) is 118 Å². The molecule has 0 fully saturated rings. The zero-order valence-electron chi connectivity index (χ0n) is 15.4. The lowest BCUT2D eigenvalue weighted by molar-refractivity contribution is 0.407. The number of aromatic amines is 2. The number of nitrogens with zero attached hydrogens (tertiary/aromatic N) is 4. The number of hydrogen-bond acceptors (Lipinski definition) is 5. The third-order valence-electron chi connectivity index (χ3n) is 4.66. The molecule has 0 saturated heterocycles. The molecule has 0 unspecified atom stereocenters. The van der Waals surface area contributed by atoms with Crippen LogP contribution in [0.25, 0.3) is 27.8 Å². The minimum absolute atomic E-state index is 0.116. The number of pyridine rings is 1. The normalized spacial score (nSPS) is 11.2. The number of H-pyrrole nitrogens is 2. The van der Waals surface area contributed by atoms with E-state index >= 15 is 0 Å². The van der Waals surface area contributed by atoms with Crippen molar-refractivity contribution in [3.05, 3.63) is 70.2 Å². The summed E-state index contributed by atoms with van der Waals surface area (Å²) in [7, 11) is 0. The second-order valence-corrected chi connectivity index (χ2v) is 6.56. The SMILES string of the molecule is Cc1cc(-c2ccc3cn[nH]c3c2)cnc1-n1c(CC(CN)=C(F)F)n[nH]c1=O. The maximum atomic E-state index is 13.0. The monoisotopic (exact) mass is 397 g/mol. The molecule has 4 rings (SSSR count). The van der Waals surface area contributed by atoms with Crippen LogP contribution in [0, 0.1) is 6.92 Å². The van der Waals surface area contributed by atoms with Crippen LogP contribution in [0.3, 0.4) is 0 Å². The first-order chi connectivity index (χ1) is 14.0. The van der Waals surface area contributed by atoms with Gasteiger partial charge in [0.05, 0.1) is 11.7 Å². The minimum Gasteiger partial charge on any atom is -0.327 e. The van der Waals surface area contributed by atoms with Gasteiger partial charge in [0.1, 0.15) is 11.6 Å². The molecule has 3 heterocycles. The molecule has 0 radical (unpaired) electrons. The number of nitrogens with two attached hydrogens (primary N) is 1. The second kappa shape index (κ2) is 7.40. The van der Waals surface area contributed by atoms with E-state index in [0.717, 1.165) is 22.0 Å². The first-order valence-electron chi connectivity index (χ1n) is 8.78. The fourth-order valence-electron chi connectivity index (χ4n) is 3.15. The van der Waals surface area contributed by atoms with Crippen molar-refractivity contribution in [1.82, 2.24) is 29.9 Å². The number of aromatic nitrogens is 6. The maximum absolute atomic E-state index is 13.0. The quantitative estimate of drug-likeness (QED) is 0.478. The van der Waals surface area contributed by atoms with Gasteiger partial charge in [-0.1, -0.05) is 12.1 Å². The van der Waals surface area contributed by atoms with E-state index in [4.69, 9.17) is 5.73 Å². The molecule has 3 aromatic heterocycles. The molecule has 0 amide bonds. The average molecular weight is 397 g/mol. The summed E-state index contributed by atoms with van der Waals surface area (Å²) < 4.78 is 27.2. The molecular weight excluding hydrogens is 380 g/mol. The highest BCUT2D eigenvalue weighted by Crippen LogP contribution is 2.25. The van der Waals surface area contributed by atoms with Crippen LogP contribution in [0.15, 0.2) is 53.1 Å². The van der Waals surface area contributed by atoms with Crippen molar-refractivity contribution in [2.75, 3.05) is 6.54 Å². The Bertz CT molecular complexity index is 1280. The number of fused-ring (bicyclic) bond motifs is 1. The van der Waals surface area contributed by atoms with Crippen molar-refractivity contribution >= 4 is 10.9 Å². The van der Waals surface area contributed by atoms with Gasteiger partial charge in [-0.2, -0.15) is 19.0 Å². The van der Waals surface area contributed by atoms with Crippen LogP contribution in [-0.4, -0.2) is 36.5 Å². The second-order valence-electron chi connectivity index (χ2n) is 6.56. The Balaban J connectivity index is 1.75. The first kappa shape index (κ1) is 18.7. The number of aryl methyl sites for hydroxylation is 1. The van der Waals surface area contributed by atoms with Crippen molar-refractivity contribution in [3.63, 3.8) is 0 Å². The van der Waals surface area contributed by atoms with E-state index < -0.39 is 11.8 Å². The van der Waals surface area contributed by atoms with E-state index in [1.807, 2.05) is 24.3 Å². The fraction of sp³-hybridized carbons (Fsp3) is 0.158. The number of nitrogens with one attached hydrogen (secondary N) is 2. The van der Waals surface area contributed by atoms with Gasteiger partial charge in [0.25, 0.3) is 6.08 Å².